The molecule has 1 atom stereocenters. The Bertz CT molecular complexity index is 993. The highest BCUT2D eigenvalue weighted by molar-refractivity contribution is 7.91. The summed E-state index contributed by atoms with van der Waals surface area (Å²) in [6, 6.07) is 14.6. The van der Waals surface area contributed by atoms with Crippen molar-refractivity contribution in [3.63, 3.8) is 0 Å². The smallest absolute Gasteiger partial charge is 0.411 e. The van der Waals surface area contributed by atoms with E-state index >= 15 is 0 Å². The number of hydrogen-bond donors (Lipinski definition) is 1. The number of ether oxygens (including phenoxy) is 1. The maximum absolute atomic E-state index is 12.1. The van der Waals surface area contributed by atoms with Gasteiger partial charge in [0.05, 0.1) is 22.8 Å². The average Bonchev–Trinajstić information content (AvgIpc) is 2.96. The van der Waals surface area contributed by atoms with Gasteiger partial charge in [0.2, 0.25) is 5.88 Å². The van der Waals surface area contributed by atoms with E-state index in [4.69, 9.17) is 10.5 Å². The van der Waals surface area contributed by atoms with E-state index in [1.54, 1.807) is 24.4 Å². The molecule has 0 saturated heterocycles. The minimum atomic E-state index is -1.35. The Morgan fingerprint density at radius 1 is 1.26 bits per heavy atom. The zero-order valence-corrected chi connectivity index (χ0v) is 16.1. The van der Waals surface area contributed by atoms with Gasteiger partial charge < -0.3 is 15.0 Å². The molecule has 0 aliphatic heterocycles. The molecule has 8 heteroatoms. The van der Waals surface area contributed by atoms with Crippen molar-refractivity contribution < 1.29 is 14.1 Å². The Hall–Kier alpha value is -2.84. The first kappa shape index (κ1) is 18.9. The largest absolute Gasteiger partial charge is 0.591 e. The number of fused-ring (bicyclic) bond motifs is 1. The highest BCUT2D eigenvalue weighted by Gasteiger charge is 2.25. The van der Waals surface area contributed by atoms with Crippen LogP contribution in [0.5, 0.6) is 5.88 Å². The van der Waals surface area contributed by atoms with Gasteiger partial charge in [0.15, 0.2) is 0 Å². The molecule has 2 N–H and O–H groups in total. The molecule has 0 aliphatic rings. The van der Waals surface area contributed by atoms with Gasteiger partial charge in [0.1, 0.15) is 16.1 Å². The first-order chi connectivity index (χ1) is 12.8. The summed E-state index contributed by atoms with van der Waals surface area (Å²) in [5, 5.41) is 5.15. The fourth-order valence-electron chi connectivity index (χ4n) is 2.36. The Labute approximate surface area is 160 Å². The standard InChI is InChI=1S/C19H20N4O3S/c1-19(2,3)27(25)21-12-13-9-10-15-16(11-13)22-23(17(15)26-18(20)24)14-7-5-4-6-8-14/h4-12H,1-3H3,(H2,20,24)/b21-12+. The zero-order valence-electron chi connectivity index (χ0n) is 15.2. The van der Waals surface area contributed by atoms with Crippen LogP contribution in [0, 0.1) is 0 Å². The fraction of sp³-hybridized carbons (Fsp3) is 0.211. The number of benzene rings is 2. The third kappa shape index (κ3) is 4.29. The van der Waals surface area contributed by atoms with Crippen molar-refractivity contribution in [2.75, 3.05) is 0 Å². The van der Waals surface area contributed by atoms with Crippen LogP contribution in [0.4, 0.5) is 4.79 Å². The number of nitrogens with zero attached hydrogens (tertiary/aromatic N) is 3. The van der Waals surface area contributed by atoms with Crippen molar-refractivity contribution in [2.45, 2.75) is 25.5 Å². The van der Waals surface area contributed by atoms with Gasteiger partial charge in [-0.15, -0.1) is 0 Å². The van der Waals surface area contributed by atoms with Gasteiger partial charge in [0, 0.05) is 0 Å². The SMILES string of the molecule is CC(C)(C)[S+]([O-])/N=C/c1ccc2c(OC(N)=O)n(-c3ccccc3)nc2c1. The third-order valence-electron chi connectivity index (χ3n) is 3.67. The van der Waals surface area contributed by atoms with E-state index in [1.807, 2.05) is 51.1 Å². The van der Waals surface area contributed by atoms with E-state index in [-0.39, 0.29) is 5.88 Å². The average molecular weight is 384 g/mol. The van der Waals surface area contributed by atoms with Gasteiger partial charge in [-0.1, -0.05) is 28.7 Å². The molecule has 1 unspecified atom stereocenters. The van der Waals surface area contributed by atoms with Gasteiger partial charge in [-0.25, -0.2) is 4.79 Å². The lowest BCUT2D eigenvalue weighted by molar-refractivity contribution is 0.208. The Balaban J connectivity index is 2.05. The molecule has 0 bridgehead atoms. The van der Waals surface area contributed by atoms with Crippen LogP contribution in [-0.4, -0.2) is 31.4 Å². The molecular weight excluding hydrogens is 364 g/mol. The van der Waals surface area contributed by atoms with Crippen LogP contribution < -0.4 is 10.5 Å². The lowest BCUT2D eigenvalue weighted by Crippen LogP contribution is -2.25. The van der Waals surface area contributed by atoms with Crippen LogP contribution in [-0.2, 0) is 11.4 Å². The fourth-order valence-corrected chi connectivity index (χ4v) is 2.90. The number of amides is 1. The third-order valence-corrected chi connectivity index (χ3v) is 5.02. The summed E-state index contributed by atoms with van der Waals surface area (Å²) >= 11 is -1.35. The number of rotatable bonds is 4. The summed E-state index contributed by atoms with van der Waals surface area (Å²) < 4.78 is 22.5. The summed E-state index contributed by atoms with van der Waals surface area (Å²) in [7, 11) is 0. The van der Waals surface area contributed by atoms with Crippen LogP contribution in [0.25, 0.3) is 16.6 Å². The molecule has 0 aliphatic carbocycles. The van der Waals surface area contributed by atoms with Crippen molar-refractivity contribution in [1.82, 2.24) is 9.78 Å². The Kier molecular flexibility index (Phi) is 5.20. The minimum Gasteiger partial charge on any atom is -0.591 e. The monoisotopic (exact) mass is 384 g/mol. The molecule has 1 aromatic heterocycles. The second-order valence-corrected chi connectivity index (χ2v) is 8.78. The highest BCUT2D eigenvalue weighted by Crippen LogP contribution is 2.29. The number of primary amides is 1. The van der Waals surface area contributed by atoms with Crippen molar-refractivity contribution >= 4 is 34.6 Å². The van der Waals surface area contributed by atoms with Crippen LogP contribution in [0.1, 0.15) is 26.3 Å². The summed E-state index contributed by atoms with van der Waals surface area (Å²) in [6.07, 6.45) is 0.636. The normalized spacial score (nSPS) is 13.2. The predicted octanol–water partition coefficient (Wildman–Crippen LogP) is 3.36. The highest BCUT2D eigenvalue weighted by atomic mass is 32.2. The number of hydrogen-bond acceptors (Lipinski definition) is 5. The quantitative estimate of drug-likeness (QED) is 0.550. The van der Waals surface area contributed by atoms with Gasteiger partial charge in [0.25, 0.3) is 0 Å². The Morgan fingerprint density at radius 3 is 2.59 bits per heavy atom. The van der Waals surface area contributed by atoms with Crippen molar-refractivity contribution in [2.24, 2.45) is 10.1 Å². The molecule has 1 amide bonds. The molecule has 140 valence electrons. The summed E-state index contributed by atoms with van der Waals surface area (Å²) in [5.74, 6) is 0.241. The summed E-state index contributed by atoms with van der Waals surface area (Å²) in [6.45, 7) is 5.58. The van der Waals surface area contributed by atoms with Crippen molar-refractivity contribution in [3.8, 4) is 11.6 Å². The summed E-state index contributed by atoms with van der Waals surface area (Å²) in [5.41, 5.74) is 7.28. The molecule has 0 spiro atoms. The van der Waals surface area contributed by atoms with Crippen LogP contribution >= 0.6 is 0 Å². The van der Waals surface area contributed by atoms with E-state index in [2.05, 4.69) is 9.50 Å². The van der Waals surface area contributed by atoms with Crippen molar-refractivity contribution in [3.05, 3.63) is 54.1 Å². The van der Waals surface area contributed by atoms with Gasteiger partial charge in [-0.2, -0.15) is 9.78 Å². The number of aromatic nitrogens is 2. The summed E-state index contributed by atoms with van der Waals surface area (Å²) in [4.78, 5) is 11.3. The molecule has 2 aromatic carbocycles. The topological polar surface area (TPSA) is 106 Å². The maximum Gasteiger partial charge on any atom is 0.411 e. The molecule has 0 fully saturated rings. The Morgan fingerprint density at radius 2 is 1.96 bits per heavy atom. The van der Waals surface area contributed by atoms with Crippen LogP contribution in [0.2, 0.25) is 0 Å². The number of carbonyl (C=O) groups excluding carboxylic acids is 1. The zero-order chi connectivity index (χ0) is 19.6. The van der Waals surface area contributed by atoms with E-state index in [0.29, 0.717) is 10.9 Å². The second-order valence-electron chi connectivity index (χ2n) is 6.85. The first-order valence-corrected chi connectivity index (χ1v) is 9.38. The molecule has 1 heterocycles. The lowest BCUT2D eigenvalue weighted by Gasteiger charge is -2.17. The second kappa shape index (κ2) is 7.42. The van der Waals surface area contributed by atoms with E-state index in [9.17, 15) is 9.35 Å². The maximum atomic E-state index is 12.1. The van der Waals surface area contributed by atoms with Gasteiger partial charge >= 0.3 is 6.09 Å². The molecule has 0 saturated carbocycles. The molecule has 27 heavy (non-hydrogen) atoms. The molecule has 3 aromatic rings. The number of nitrogens with two attached hydrogens (primary N) is 1. The number of para-hydroxylation sites is 1. The van der Waals surface area contributed by atoms with Crippen LogP contribution in [0.3, 0.4) is 0 Å². The lowest BCUT2D eigenvalue weighted by atomic mass is 10.2. The number of carbonyl (C=O) groups is 1. The van der Waals surface area contributed by atoms with Gasteiger partial charge in [-0.3, -0.25) is 0 Å². The van der Waals surface area contributed by atoms with Gasteiger partial charge in [-0.05, 0) is 50.6 Å². The molecule has 0 radical (unpaired) electrons. The molecular formula is C19H20N4O3S. The van der Waals surface area contributed by atoms with Crippen molar-refractivity contribution in [1.29, 1.82) is 0 Å². The predicted molar refractivity (Wildman–Crippen MR) is 107 cm³/mol. The van der Waals surface area contributed by atoms with E-state index < -0.39 is 22.2 Å². The van der Waals surface area contributed by atoms with E-state index in [1.165, 1.54) is 4.68 Å². The molecule has 7 nitrogen and oxygen atoms in total. The van der Waals surface area contributed by atoms with Crippen LogP contribution in [0.15, 0.2) is 52.9 Å². The first-order valence-electron chi connectivity index (χ1n) is 8.27. The van der Waals surface area contributed by atoms with E-state index in [0.717, 1.165) is 11.3 Å². The minimum absolute atomic E-state index is 0.241. The molecule has 3 rings (SSSR count).